The highest BCUT2D eigenvalue weighted by Crippen LogP contribution is 2.28. The second-order valence-corrected chi connectivity index (χ2v) is 6.87. The van der Waals surface area contributed by atoms with Crippen LogP contribution in [0.2, 0.25) is 5.15 Å². The van der Waals surface area contributed by atoms with Crippen molar-refractivity contribution in [3.63, 3.8) is 0 Å². The van der Waals surface area contributed by atoms with Crippen LogP contribution in [0.25, 0.3) is 11.0 Å². The number of methoxy groups -OCH3 is 1. The summed E-state index contributed by atoms with van der Waals surface area (Å²) in [6.45, 7) is 3.16. The van der Waals surface area contributed by atoms with E-state index in [0.717, 1.165) is 16.7 Å². The number of nitrogens with one attached hydrogen (secondary N) is 1. The number of nitrogens with zero attached hydrogens (tertiary/aromatic N) is 5. The molecule has 0 spiro atoms. The Morgan fingerprint density at radius 1 is 1.43 bits per heavy atom. The lowest BCUT2D eigenvalue weighted by molar-refractivity contribution is 0.183. The normalized spacial score (nSPS) is 11.3. The summed E-state index contributed by atoms with van der Waals surface area (Å²) in [6, 6.07) is 2.01. The summed E-state index contributed by atoms with van der Waals surface area (Å²) in [5.74, 6) is 0.494. The summed E-state index contributed by atoms with van der Waals surface area (Å²) in [6.07, 6.45) is 3.79. The van der Waals surface area contributed by atoms with Gasteiger partial charge in [-0.05, 0) is 13.0 Å². The van der Waals surface area contributed by atoms with Gasteiger partial charge in [0, 0.05) is 49.0 Å². The predicted molar refractivity (Wildman–Crippen MR) is 102 cm³/mol. The zero-order valence-electron chi connectivity index (χ0n) is 12.5. The number of fused-ring (bicyclic) bond motifs is 1. The molecule has 0 radical (unpaired) electrons. The van der Waals surface area contributed by atoms with Crippen LogP contribution < -0.4 is 5.32 Å². The van der Waals surface area contributed by atoms with E-state index in [1.54, 1.807) is 20.9 Å². The Balaban J connectivity index is 1.90. The summed E-state index contributed by atoms with van der Waals surface area (Å²) >= 11 is 8.39. The first-order valence-corrected chi connectivity index (χ1v) is 10.5. The van der Waals surface area contributed by atoms with Crippen molar-refractivity contribution in [1.82, 2.24) is 23.7 Å². The third kappa shape index (κ3) is 3.57. The third-order valence-corrected chi connectivity index (χ3v) is 5.26. The molecule has 3 heterocycles. The molecule has 0 aromatic carbocycles. The topological polar surface area (TPSA) is 69.8 Å². The molecule has 3 aromatic rings. The quantitative estimate of drug-likeness (QED) is 0.559. The summed E-state index contributed by atoms with van der Waals surface area (Å²) in [5, 5.41) is 8.77. The monoisotopic (exact) mass is 464 g/mol. The molecular formula is C13H14ClIN6OS. The summed E-state index contributed by atoms with van der Waals surface area (Å²) in [7, 11) is 3.21. The molecule has 7 nitrogen and oxygen atoms in total. The Hall–Kier alpha value is -1.04. The molecule has 0 aliphatic rings. The van der Waals surface area contributed by atoms with Crippen LogP contribution in [0.4, 0.5) is 11.6 Å². The number of anilines is 2. The molecule has 0 unspecified atom stereocenters. The molecule has 0 bridgehead atoms. The highest BCUT2D eigenvalue weighted by atomic mass is 127. The van der Waals surface area contributed by atoms with Crippen LogP contribution >= 0.6 is 41.9 Å². The van der Waals surface area contributed by atoms with E-state index in [0.29, 0.717) is 29.9 Å². The lowest BCUT2D eigenvalue weighted by atomic mass is 10.3. The van der Waals surface area contributed by atoms with Crippen molar-refractivity contribution in [3.8, 4) is 0 Å². The van der Waals surface area contributed by atoms with Crippen LogP contribution in [0.1, 0.15) is 5.69 Å². The smallest absolute Gasteiger partial charge is 0.229 e. The molecule has 10 heteroatoms. The van der Waals surface area contributed by atoms with Crippen molar-refractivity contribution in [2.45, 2.75) is 13.5 Å². The minimum absolute atomic E-state index is 0.376. The van der Waals surface area contributed by atoms with Gasteiger partial charge < -0.3 is 10.1 Å². The highest BCUT2D eigenvalue weighted by Gasteiger charge is 2.12. The number of aromatic nitrogens is 5. The van der Waals surface area contributed by atoms with E-state index >= 15 is 0 Å². The van der Waals surface area contributed by atoms with E-state index < -0.39 is 0 Å². The third-order valence-electron chi connectivity index (χ3n) is 3.26. The van der Waals surface area contributed by atoms with Gasteiger partial charge in [-0.3, -0.25) is 8.65 Å². The zero-order chi connectivity index (χ0) is 16.4. The van der Waals surface area contributed by atoms with Gasteiger partial charge in [-0.1, -0.05) is 11.6 Å². The molecule has 0 aliphatic carbocycles. The lowest BCUT2D eigenvalue weighted by Gasteiger charge is -2.05. The second-order valence-electron chi connectivity index (χ2n) is 4.79. The van der Waals surface area contributed by atoms with Gasteiger partial charge in [0.25, 0.3) is 0 Å². The molecule has 0 amide bonds. The van der Waals surface area contributed by atoms with E-state index in [1.165, 1.54) is 0 Å². The van der Waals surface area contributed by atoms with E-state index in [9.17, 15) is 0 Å². The molecule has 3 aromatic heterocycles. The molecule has 23 heavy (non-hydrogen) atoms. The Labute approximate surface area is 154 Å². The van der Waals surface area contributed by atoms with Crippen LogP contribution in [-0.2, 0) is 11.3 Å². The van der Waals surface area contributed by atoms with Crippen LogP contribution in [0, 0.1) is 6.92 Å². The van der Waals surface area contributed by atoms with E-state index in [4.69, 9.17) is 16.3 Å². The van der Waals surface area contributed by atoms with Crippen molar-refractivity contribution in [2.75, 3.05) is 19.0 Å². The van der Waals surface area contributed by atoms with Crippen molar-refractivity contribution < 1.29 is 4.74 Å². The molecule has 1 N–H and O–H groups in total. The fourth-order valence-corrected chi connectivity index (χ4v) is 3.61. The average Bonchev–Trinajstić information content (AvgIpc) is 3.09. The Morgan fingerprint density at radius 2 is 2.26 bits per heavy atom. The number of halogens is 2. The van der Waals surface area contributed by atoms with Gasteiger partial charge in [0.1, 0.15) is 0 Å². The first-order valence-electron chi connectivity index (χ1n) is 6.76. The lowest BCUT2D eigenvalue weighted by Crippen LogP contribution is -2.04. The van der Waals surface area contributed by atoms with Crippen LogP contribution in [0.5, 0.6) is 0 Å². The predicted octanol–water partition coefficient (Wildman–Crippen LogP) is 3.83. The minimum atomic E-state index is 0.376. The van der Waals surface area contributed by atoms with Crippen molar-refractivity contribution >= 4 is 64.6 Å². The summed E-state index contributed by atoms with van der Waals surface area (Å²) in [5.41, 5.74) is 2.44. The van der Waals surface area contributed by atoms with Crippen molar-refractivity contribution in [1.29, 1.82) is 0 Å². The van der Waals surface area contributed by atoms with Crippen LogP contribution in [0.3, 0.4) is 0 Å². The zero-order valence-corrected chi connectivity index (χ0v) is 16.2. The van der Waals surface area contributed by atoms with Gasteiger partial charge in [0.15, 0.2) is 10.8 Å². The standard InChI is InChI=1S/C13H14ClIN6OS/c1-8-9-3-4-21(23-15)12(9)18-13(16-8)17-10-7-20(5-6-22-2)19-11(10)14/h3-4,7H,5-6H2,1-2H3,(H,16,17,18). The maximum Gasteiger partial charge on any atom is 0.229 e. The Kier molecular flexibility index (Phi) is 5.29. The van der Waals surface area contributed by atoms with E-state index in [-0.39, 0.29) is 0 Å². The Bertz CT molecular complexity index is 835. The average molecular weight is 465 g/mol. The van der Waals surface area contributed by atoms with Gasteiger partial charge in [-0.15, -0.1) is 0 Å². The fraction of sp³-hybridized carbons (Fsp3) is 0.308. The summed E-state index contributed by atoms with van der Waals surface area (Å²) in [4.78, 5) is 9.06. The first kappa shape index (κ1) is 16.8. The second kappa shape index (κ2) is 7.24. The molecule has 0 aliphatic heterocycles. The minimum Gasteiger partial charge on any atom is -0.383 e. The molecule has 3 rings (SSSR count). The van der Waals surface area contributed by atoms with Gasteiger partial charge in [0.05, 0.1) is 30.7 Å². The first-order chi connectivity index (χ1) is 11.1. The largest absolute Gasteiger partial charge is 0.383 e. The molecular weight excluding hydrogens is 451 g/mol. The SMILES string of the molecule is COCCn1cc(Nc2nc(C)c3ccn(SI)c3n2)c(Cl)n1. The number of hydrogen-bond acceptors (Lipinski definition) is 6. The number of hydrogen-bond donors (Lipinski definition) is 1. The van der Waals surface area contributed by atoms with Gasteiger partial charge in [-0.25, -0.2) is 4.98 Å². The molecule has 0 saturated carbocycles. The molecule has 0 saturated heterocycles. The highest BCUT2D eigenvalue weighted by molar-refractivity contribution is 14.2. The number of ether oxygens (including phenoxy) is 1. The van der Waals surface area contributed by atoms with Crippen molar-refractivity contribution in [3.05, 3.63) is 29.3 Å². The number of rotatable bonds is 6. The molecule has 0 atom stereocenters. The summed E-state index contributed by atoms with van der Waals surface area (Å²) < 4.78 is 8.75. The van der Waals surface area contributed by atoms with Gasteiger partial charge in [0.2, 0.25) is 5.95 Å². The van der Waals surface area contributed by atoms with Crippen LogP contribution in [-0.4, -0.2) is 37.4 Å². The Morgan fingerprint density at radius 3 is 3.00 bits per heavy atom. The van der Waals surface area contributed by atoms with E-state index in [2.05, 4.69) is 41.6 Å². The van der Waals surface area contributed by atoms with Gasteiger partial charge in [-0.2, -0.15) is 10.1 Å². The van der Waals surface area contributed by atoms with Gasteiger partial charge >= 0.3 is 0 Å². The molecule has 0 fully saturated rings. The molecule has 122 valence electrons. The fourth-order valence-electron chi connectivity index (χ4n) is 2.16. The van der Waals surface area contributed by atoms with E-state index in [1.807, 2.05) is 29.4 Å². The maximum absolute atomic E-state index is 6.17. The van der Waals surface area contributed by atoms with Crippen molar-refractivity contribution in [2.24, 2.45) is 0 Å². The maximum atomic E-state index is 6.17. The number of aryl methyl sites for hydroxylation is 1. The van der Waals surface area contributed by atoms with Crippen LogP contribution in [0.15, 0.2) is 18.5 Å².